The van der Waals surface area contributed by atoms with Crippen molar-refractivity contribution < 1.29 is 5.11 Å². The minimum Gasteiger partial charge on any atom is -0.391 e. The highest BCUT2D eigenvalue weighted by molar-refractivity contribution is 9.10. The van der Waals surface area contributed by atoms with Gasteiger partial charge in [-0.15, -0.1) is 0 Å². The molecule has 4 heteroatoms. The minimum atomic E-state index is -0.272. The molecule has 1 fully saturated rings. The van der Waals surface area contributed by atoms with E-state index in [4.69, 9.17) is 5.26 Å². The molecule has 17 heavy (non-hydrogen) atoms. The lowest BCUT2D eigenvalue weighted by atomic mass is 9.92. The molecule has 1 aromatic rings. The Bertz CT molecular complexity index is 442. The summed E-state index contributed by atoms with van der Waals surface area (Å²) in [6, 6.07) is 7.67. The summed E-state index contributed by atoms with van der Waals surface area (Å²) in [4.78, 5) is 0. The van der Waals surface area contributed by atoms with Crippen LogP contribution < -0.4 is 5.32 Å². The van der Waals surface area contributed by atoms with Crippen LogP contribution in [-0.2, 0) is 0 Å². The molecule has 0 aliphatic heterocycles. The predicted molar refractivity (Wildman–Crippen MR) is 70.7 cm³/mol. The third-order valence-corrected chi connectivity index (χ3v) is 3.82. The molecule has 1 saturated carbocycles. The number of anilines is 1. The van der Waals surface area contributed by atoms with E-state index in [9.17, 15) is 5.11 Å². The molecule has 2 atom stereocenters. The molecular formula is C13H15BrN2O. The van der Waals surface area contributed by atoms with Crippen LogP contribution in [0, 0.1) is 11.3 Å². The number of aliphatic hydroxyl groups excluding tert-OH is 1. The Morgan fingerprint density at radius 3 is 2.76 bits per heavy atom. The summed E-state index contributed by atoms with van der Waals surface area (Å²) in [6.07, 6.45) is 3.85. The first-order valence-electron chi connectivity index (χ1n) is 5.85. The van der Waals surface area contributed by atoms with Gasteiger partial charge in [-0.25, -0.2) is 0 Å². The van der Waals surface area contributed by atoms with E-state index in [-0.39, 0.29) is 12.1 Å². The first-order chi connectivity index (χ1) is 8.20. The second-order valence-corrected chi connectivity index (χ2v) is 5.26. The van der Waals surface area contributed by atoms with Crippen LogP contribution >= 0.6 is 15.9 Å². The predicted octanol–water partition coefficient (Wildman–Crippen LogP) is 3.04. The topological polar surface area (TPSA) is 56.0 Å². The molecule has 0 saturated heterocycles. The normalized spacial score (nSPS) is 24.1. The summed E-state index contributed by atoms with van der Waals surface area (Å²) in [6.45, 7) is 0. The van der Waals surface area contributed by atoms with Gasteiger partial charge in [0.15, 0.2) is 0 Å². The van der Waals surface area contributed by atoms with Crippen molar-refractivity contribution in [1.29, 1.82) is 5.26 Å². The third kappa shape index (κ3) is 2.99. The van der Waals surface area contributed by atoms with E-state index < -0.39 is 0 Å². The van der Waals surface area contributed by atoms with Crippen LogP contribution in [-0.4, -0.2) is 17.3 Å². The minimum absolute atomic E-state index is 0.119. The van der Waals surface area contributed by atoms with Gasteiger partial charge in [0.1, 0.15) is 0 Å². The second kappa shape index (κ2) is 5.52. The molecule has 0 bridgehead atoms. The van der Waals surface area contributed by atoms with Crippen molar-refractivity contribution in [3.63, 3.8) is 0 Å². The molecule has 0 heterocycles. The Labute approximate surface area is 110 Å². The Morgan fingerprint density at radius 1 is 1.35 bits per heavy atom. The molecule has 2 unspecified atom stereocenters. The van der Waals surface area contributed by atoms with E-state index in [0.717, 1.165) is 35.8 Å². The zero-order valence-electron chi connectivity index (χ0n) is 9.49. The van der Waals surface area contributed by atoms with Crippen molar-refractivity contribution in [2.45, 2.75) is 37.8 Å². The summed E-state index contributed by atoms with van der Waals surface area (Å²) in [5.41, 5.74) is 1.57. The van der Waals surface area contributed by atoms with Crippen LogP contribution in [0.5, 0.6) is 0 Å². The Kier molecular flexibility index (Phi) is 4.03. The summed E-state index contributed by atoms with van der Waals surface area (Å²) in [7, 11) is 0. The molecule has 1 aliphatic rings. The fourth-order valence-corrected chi connectivity index (χ4v) is 2.67. The molecule has 0 aromatic heterocycles. The van der Waals surface area contributed by atoms with E-state index in [1.807, 2.05) is 6.07 Å². The van der Waals surface area contributed by atoms with Crippen molar-refractivity contribution in [2.75, 3.05) is 5.32 Å². The second-order valence-electron chi connectivity index (χ2n) is 4.41. The lowest BCUT2D eigenvalue weighted by Gasteiger charge is -2.29. The molecule has 2 rings (SSSR count). The van der Waals surface area contributed by atoms with E-state index in [2.05, 4.69) is 27.3 Å². The summed E-state index contributed by atoms with van der Waals surface area (Å²) < 4.78 is 0.870. The number of hydrogen-bond donors (Lipinski definition) is 2. The molecule has 1 aliphatic carbocycles. The maximum absolute atomic E-state index is 9.89. The lowest BCUT2D eigenvalue weighted by Crippen LogP contribution is -2.36. The third-order valence-electron chi connectivity index (χ3n) is 3.17. The largest absolute Gasteiger partial charge is 0.391 e. The zero-order chi connectivity index (χ0) is 12.3. The van der Waals surface area contributed by atoms with Crippen molar-refractivity contribution >= 4 is 21.6 Å². The van der Waals surface area contributed by atoms with Gasteiger partial charge in [-0.1, -0.05) is 12.8 Å². The van der Waals surface area contributed by atoms with Gasteiger partial charge in [0.05, 0.1) is 23.8 Å². The Morgan fingerprint density at radius 2 is 2.12 bits per heavy atom. The zero-order valence-corrected chi connectivity index (χ0v) is 11.1. The summed E-state index contributed by atoms with van der Waals surface area (Å²) >= 11 is 3.44. The van der Waals surface area contributed by atoms with Crippen molar-refractivity contribution in [3.8, 4) is 6.07 Å². The van der Waals surface area contributed by atoms with Gasteiger partial charge < -0.3 is 10.4 Å². The number of nitriles is 1. The Hall–Kier alpha value is -1.05. The standard InChI is InChI=1S/C13H15BrN2O/c14-10-7-9(8-15)5-6-11(10)16-12-3-1-2-4-13(12)17/h5-7,12-13,16-17H,1-4H2. The molecule has 3 nitrogen and oxygen atoms in total. The Balaban J connectivity index is 2.10. The van der Waals surface area contributed by atoms with E-state index >= 15 is 0 Å². The highest BCUT2D eigenvalue weighted by Gasteiger charge is 2.23. The van der Waals surface area contributed by atoms with Gasteiger partial charge in [-0.2, -0.15) is 5.26 Å². The number of rotatable bonds is 2. The molecule has 1 aromatic carbocycles. The van der Waals surface area contributed by atoms with E-state index in [1.54, 1.807) is 12.1 Å². The maximum Gasteiger partial charge on any atom is 0.0992 e. The highest BCUT2D eigenvalue weighted by atomic mass is 79.9. The molecular weight excluding hydrogens is 280 g/mol. The smallest absolute Gasteiger partial charge is 0.0992 e. The molecule has 90 valence electrons. The first kappa shape index (κ1) is 12.4. The number of nitrogens with zero attached hydrogens (tertiary/aromatic N) is 1. The van der Waals surface area contributed by atoms with Crippen LogP contribution in [0.3, 0.4) is 0 Å². The first-order valence-corrected chi connectivity index (χ1v) is 6.64. The number of hydrogen-bond acceptors (Lipinski definition) is 3. The molecule has 0 radical (unpaired) electrons. The van der Waals surface area contributed by atoms with Gasteiger partial charge in [-0.3, -0.25) is 0 Å². The van der Waals surface area contributed by atoms with Crippen molar-refractivity contribution in [2.24, 2.45) is 0 Å². The van der Waals surface area contributed by atoms with Gasteiger partial charge in [0, 0.05) is 10.2 Å². The quantitative estimate of drug-likeness (QED) is 0.881. The number of nitrogens with one attached hydrogen (secondary N) is 1. The maximum atomic E-state index is 9.89. The van der Waals surface area contributed by atoms with Gasteiger partial charge in [-0.05, 0) is 47.0 Å². The monoisotopic (exact) mass is 294 g/mol. The van der Waals surface area contributed by atoms with E-state index in [1.165, 1.54) is 0 Å². The summed E-state index contributed by atoms with van der Waals surface area (Å²) in [5, 5.41) is 22.0. The van der Waals surface area contributed by atoms with Crippen LogP contribution in [0.2, 0.25) is 0 Å². The highest BCUT2D eigenvalue weighted by Crippen LogP contribution is 2.27. The number of aliphatic hydroxyl groups is 1. The van der Waals surface area contributed by atoms with E-state index in [0.29, 0.717) is 5.56 Å². The van der Waals surface area contributed by atoms with Crippen molar-refractivity contribution in [1.82, 2.24) is 0 Å². The van der Waals surface area contributed by atoms with Gasteiger partial charge in [0.2, 0.25) is 0 Å². The average Bonchev–Trinajstić information content (AvgIpc) is 2.34. The molecule has 2 N–H and O–H groups in total. The summed E-state index contributed by atoms with van der Waals surface area (Å²) in [5.74, 6) is 0. The SMILES string of the molecule is N#Cc1ccc(NC2CCCCC2O)c(Br)c1. The van der Waals surface area contributed by atoms with Crippen LogP contribution in [0.15, 0.2) is 22.7 Å². The number of benzene rings is 1. The van der Waals surface area contributed by atoms with Crippen LogP contribution in [0.25, 0.3) is 0 Å². The van der Waals surface area contributed by atoms with Gasteiger partial charge in [0.25, 0.3) is 0 Å². The molecule has 0 spiro atoms. The fourth-order valence-electron chi connectivity index (χ4n) is 2.18. The van der Waals surface area contributed by atoms with Crippen LogP contribution in [0.4, 0.5) is 5.69 Å². The van der Waals surface area contributed by atoms with Crippen molar-refractivity contribution in [3.05, 3.63) is 28.2 Å². The number of halogens is 1. The van der Waals surface area contributed by atoms with Gasteiger partial charge >= 0.3 is 0 Å². The fraction of sp³-hybridized carbons (Fsp3) is 0.462. The average molecular weight is 295 g/mol. The molecule has 0 amide bonds. The van der Waals surface area contributed by atoms with Crippen LogP contribution in [0.1, 0.15) is 31.2 Å². The lowest BCUT2D eigenvalue weighted by molar-refractivity contribution is 0.116.